The molecule has 6 heteroatoms. The van der Waals surface area contributed by atoms with Crippen molar-refractivity contribution >= 4 is 11.6 Å². The summed E-state index contributed by atoms with van der Waals surface area (Å²) in [5, 5.41) is 3.27. The number of pyridine rings is 1. The van der Waals surface area contributed by atoms with E-state index < -0.39 is 0 Å². The zero-order valence-electron chi connectivity index (χ0n) is 12.7. The molecule has 21 heavy (non-hydrogen) atoms. The molecule has 1 amide bonds. The fraction of sp³-hybridized carbons (Fsp3) is 0.600. The van der Waals surface area contributed by atoms with E-state index in [2.05, 4.69) is 10.3 Å². The molecule has 0 aliphatic carbocycles. The molecule has 1 aromatic rings. The van der Waals surface area contributed by atoms with Gasteiger partial charge in [-0.15, -0.1) is 0 Å². The SMILES string of the molecule is CCN(CC)C(=O)c1cc(NCC2COCCO2)ccn1. The van der Waals surface area contributed by atoms with Gasteiger partial charge in [-0.05, 0) is 26.0 Å². The van der Waals surface area contributed by atoms with E-state index in [1.807, 2.05) is 19.9 Å². The summed E-state index contributed by atoms with van der Waals surface area (Å²) < 4.78 is 10.9. The monoisotopic (exact) mass is 293 g/mol. The molecule has 1 fully saturated rings. The third kappa shape index (κ3) is 4.41. The van der Waals surface area contributed by atoms with Gasteiger partial charge in [-0.25, -0.2) is 0 Å². The highest BCUT2D eigenvalue weighted by molar-refractivity contribution is 5.93. The van der Waals surface area contributed by atoms with E-state index >= 15 is 0 Å². The summed E-state index contributed by atoms with van der Waals surface area (Å²) in [6.07, 6.45) is 1.70. The Labute approximate surface area is 125 Å². The van der Waals surface area contributed by atoms with E-state index in [4.69, 9.17) is 9.47 Å². The van der Waals surface area contributed by atoms with Crippen molar-refractivity contribution in [1.29, 1.82) is 0 Å². The Morgan fingerprint density at radius 3 is 2.90 bits per heavy atom. The normalized spacial score (nSPS) is 18.3. The third-order valence-corrected chi connectivity index (χ3v) is 3.45. The summed E-state index contributed by atoms with van der Waals surface area (Å²) in [5.41, 5.74) is 1.33. The number of carbonyl (C=O) groups excluding carboxylic acids is 1. The van der Waals surface area contributed by atoms with Crippen LogP contribution < -0.4 is 5.32 Å². The van der Waals surface area contributed by atoms with Gasteiger partial charge in [0, 0.05) is 31.5 Å². The van der Waals surface area contributed by atoms with Crippen molar-refractivity contribution in [3.63, 3.8) is 0 Å². The van der Waals surface area contributed by atoms with Crippen LogP contribution in [0.2, 0.25) is 0 Å². The second-order valence-electron chi connectivity index (χ2n) is 4.86. The van der Waals surface area contributed by atoms with Crippen LogP contribution in [0.25, 0.3) is 0 Å². The van der Waals surface area contributed by atoms with Crippen molar-refractivity contribution in [1.82, 2.24) is 9.88 Å². The molecular weight excluding hydrogens is 270 g/mol. The third-order valence-electron chi connectivity index (χ3n) is 3.45. The first kappa shape index (κ1) is 15.7. The quantitative estimate of drug-likeness (QED) is 0.858. The van der Waals surface area contributed by atoms with E-state index in [1.165, 1.54) is 0 Å². The van der Waals surface area contributed by atoms with Crippen molar-refractivity contribution < 1.29 is 14.3 Å². The van der Waals surface area contributed by atoms with E-state index in [9.17, 15) is 4.79 Å². The maximum absolute atomic E-state index is 12.3. The first-order chi connectivity index (χ1) is 10.2. The first-order valence-electron chi connectivity index (χ1n) is 7.43. The highest BCUT2D eigenvalue weighted by atomic mass is 16.6. The topological polar surface area (TPSA) is 63.7 Å². The molecule has 1 atom stereocenters. The average Bonchev–Trinajstić information content (AvgIpc) is 2.55. The first-order valence-corrected chi connectivity index (χ1v) is 7.43. The number of hydrogen-bond donors (Lipinski definition) is 1. The van der Waals surface area contributed by atoms with Crippen LogP contribution in [0.1, 0.15) is 24.3 Å². The van der Waals surface area contributed by atoms with Crippen molar-refractivity contribution in [2.24, 2.45) is 0 Å². The number of rotatable bonds is 6. The molecule has 116 valence electrons. The van der Waals surface area contributed by atoms with Crippen LogP contribution in [0.3, 0.4) is 0 Å². The van der Waals surface area contributed by atoms with E-state index in [1.54, 1.807) is 17.2 Å². The Morgan fingerprint density at radius 1 is 1.43 bits per heavy atom. The average molecular weight is 293 g/mol. The van der Waals surface area contributed by atoms with Crippen LogP contribution in [-0.2, 0) is 9.47 Å². The highest BCUT2D eigenvalue weighted by Gasteiger charge is 2.16. The van der Waals surface area contributed by atoms with Gasteiger partial charge in [-0.3, -0.25) is 9.78 Å². The molecule has 1 aliphatic rings. The predicted octanol–water partition coefficient (Wildman–Crippen LogP) is 1.39. The summed E-state index contributed by atoms with van der Waals surface area (Å²) in [6, 6.07) is 3.63. The second-order valence-corrected chi connectivity index (χ2v) is 4.86. The standard InChI is InChI=1S/C15H23N3O3/c1-3-18(4-2)15(19)14-9-12(5-6-16-14)17-10-13-11-20-7-8-21-13/h5-6,9,13H,3-4,7-8,10-11H2,1-2H3,(H,16,17). The lowest BCUT2D eigenvalue weighted by Crippen LogP contribution is -2.34. The Hall–Kier alpha value is -1.66. The van der Waals surface area contributed by atoms with Crippen LogP contribution in [0, 0.1) is 0 Å². The number of amides is 1. The van der Waals surface area contributed by atoms with Crippen LogP contribution in [-0.4, -0.2) is 61.3 Å². The fourth-order valence-corrected chi connectivity index (χ4v) is 2.22. The van der Waals surface area contributed by atoms with E-state index in [0.29, 0.717) is 45.1 Å². The Balaban J connectivity index is 1.95. The summed E-state index contributed by atoms with van der Waals surface area (Å²) >= 11 is 0. The summed E-state index contributed by atoms with van der Waals surface area (Å²) in [7, 11) is 0. The van der Waals surface area contributed by atoms with Crippen molar-refractivity contribution in [2.45, 2.75) is 20.0 Å². The predicted molar refractivity (Wildman–Crippen MR) is 80.5 cm³/mol. The zero-order valence-corrected chi connectivity index (χ0v) is 12.7. The minimum Gasteiger partial charge on any atom is -0.382 e. The minimum absolute atomic E-state index is 0.0408. The van der Waals surface area contributed by atoms with Crippen LogP contribution in [0.15, 0.2) is 18.3 Å². The molecule has 2 rings (SSSR count). The van der Waals surface area contributed by atoms with Gasteiger partial charge in [0.2, 0.25) is 0 Å². The molecule has 0 spiro atoms. The largest absolute Gasteiger partial charge is 0.382 e. The molecule has 1 saturated heterocycles. The lowest BCUT2D eigenvalue weighted by molar-refractivity contribution is -0.0818. The Morgan fingerprint density at radius 2 is 2.24 bits per heavy atom. The Kier molecular flexibility index (Phi) is 5.95. The highest BCUT2D eigenvalue weighted by Crippen LogP contribution is 2.11. The lowest BCUT2D eigenvalue weighted by Gasteiger charge is -2.23. The van der Waals surface area contributed by atoms with Crippen LogP contribution >= 0.6 is 0 Å². The number of aromatic nitrogens is 1. The Bertz CT molecular complexity index is 457. The molecule has 0 bridgehead atoms. The van der Waals surface area contributed by atoms with Gasteiger partial charge >= 0.3 is 0 Å². The molecule has 0 aromatic carbocycles. The number of nitrogens with zero attached hydrogens (tertiary/aromatic N) is 2. The molecule has 2 heterocycles. The molecule has 1 aliphatic heterocycles. The van der Waals surface area contributed by atoms with E-state index in [0.717, 1.165) is 5.69 Å². The van der Waals surface area contributed by atoms with Crippen LogP contribution in [0.4, 0.5) is 5.69 Å². The molecule has 1 aromatic heterocycles. The summed E-state index contributed by atoms with van der Waals surface area (Å²) in [5.74, 6) is -0.0408. The van der Waals surface area contributed by atoms with Crippen LogP contribution in [0.5, 0.6) is 0 Å². The van der Waals surface area contributed by atoms with Gasteiger partial charge in [0.05, 0.1) is 25.9 Å². The van der Waals surface area contributed by atoms with Gasteiger partial charge in [0.1, 0.15) is 5.69 Å². The summed E-state index contributed by atoms with van der Waals surface area (Å²) in [6.45, 7) is 7.84. The second kappa shape index (κ2) is 7.95. The molecule has 1 N–H and O–H groups in total. The van der Waals surface area contributed by atoms with Gasteiger partial charge in [0.15, 0.2) is 0 Å². The number of nitrogens with one attached hydrogen (secondary N) is 1. The molecular formula is C15H23N3O3. The number of ether oxygens (including phenoxy) is 2. The van der Waals surface area contributed by atoms with Gasteiger partial charge in [-0.2, -0.15) is 0 Å². The molecule has 1 unspecified atom stereocenters. The minimum atomic E-state index is -0.0408. The van der Waals surface area contributed by atoms with E-state index in [-0.39, 0.29) is 12.0 Å². The lowest BCUT2D eigenvalue weighted by atomic mass is 10.2. The molecule has 0 saturated carbocycles. The zero-order chi connectivity index (χ0) is 15.1. The molecule has 0 radical (unpaired) electrons. The molecule has 6 nitrogen and oxygen atoms in total. The fourth-order valence-electron chi connectivity index (χ4n) is 2.22. The van der Waals surface area contributed by atoms with Gasteiger partial charge in [0.25, 0.3) is 5.91 Å². The number of anilines is 1. The van der Waals surface area contributed by atoms with Crippen molar-refractivity contribution in [2.75, 3.05) is 44.8 Å². The maximum Gasteiger partial charge on any atom is 0.272 e. The summed E-state index contributed by atoms with van der Waals surface area (Å²) in [4.78, 5) is 18.2. The van der Waals surface area contributed by atoms with Gasteiger partial charge < -0.3 is 19.7 Å². The van der Waals surface area contributed by atoms with Crippen molar-refractivity contribution in [3.8, 4) is 0 Å². The maximum atomic E-state index is 12.3. The van der Waals surface area contributed by atoms with Gasteiger partial charge in [-0.1, -0.05) is 0 Å². The number of carbonyl (C=O) groups is 1. The number of hydrogen-bond acceptors (Lipinski definition) is 5. The smallest absolute Gasteiger partial charge is 0.272 e. The van der Waals surface area contributed by atoms with Crippen molar-refractivity contribution in [3.05, 3.63) is 24.0 Å².